The number of pyridine rings is 6. The minimum atomic E-state index is 0.794. The highest BCUT2D eigenvalue weighted by Gasteiger charge is 2.27. The molecule has 0 aliphatic heterocycles. The van der Waals surface area contributed by atoms with Crippen LogP contribution in [0, 0.1) is 0 Å². The molecule has 0 spiro atoms. The summed E-state index contributed by atoms with van der Waals surface area (Å²) in [5, 5.41) is 18.5. The van der Waals surface area contributed by atoms with Gasteiger partial charge in [0.05, 0.1) is 99.3 Å². The van der Waals surface area contributed by atoms with Crippen LogP contribution in [0.4, 0.5) is 0 Å². The molecule has 31 aromatic rings. The molecule has 16 nitrogen and oxygen atoms in total. The summed E-state index contributed by atoms with van der Waals surface area (Å²) in [6.07, 6.45) is 5.55. The molecule has 14 heterocycles. The first-order valence-corrected chi connectivity index (χ1v) is 45.6. The number of nitrogens with zero attached hydrogens (tertiary/aromatic N) is 15. The lowest BCUT2D eigenvalue weighted by Gasteiger charge is -2.11. The van der Waals surface area contributed by atoms with Gasteiger partial charge < -0.3 is 4.42 Å². The summed E-state index contributed by atoms with van der Waals surface area (Å²) in [6, 6.07) is 136. The normalized spacial score (nSPS) is 12.2. The van der Waals surface area contributed by atoms with E-state index in [1.54, 1.807) is 0 Å². The van der Waals surface area contributed by atoms with Gasteiger partial charge in [0.25, 0.3) is 0 Å². The van der Waals surface area contributed by atoms with Crippen LogP contribution in [0.25, 0.3) is 274 Å². The second kappa shape index (κ2) is 28.7. The number of furan rings is 1. The molecular formula is C117H67N15OS. The van der Waals surface area contributed by atoms with Crippen molar-refractivity contribution >= 4 is 235 Å². The van der Waals surface area contributed by atoms with Gasteiger partial charge in [0.2, 0.25) is 17.3 Å². The van der Waals surface area contributed by atoms with Crippen molar-refractivity contribution in [2.75, 3.05) is 0 Å². The molecule has 0 fully saturated rings. The van der Waals surface area contributed by atoms with E-state index in [0.29, 0.717) is 0 Å². The lowest BCUT2D eigenvalue weighted by atomic mass is 10.00. The van der Waals surface area contributed by atoms with E-state index in [2.05, 4.69) is 361 Å². The van der Waals surface area contributed by atoms with E-state index in [9.17, 15) is 0 Å². The summed E-state index contributed by atoms with van der Waals surface area (Å²) in [7, 11) is 0. The van der Waals surface area contributed by atoms with E-state index in [4.69, 9.17) is 49.3 Å². The van der Waals surface area contributed by atoms with Crippen LogP contribution in [0.15, 0.2) is 411 Å². The molecule has 0 unspecified atom stereocenters. The maximum Gasteiger partial charge on any atom is 0.221 e. The SMILES string of the molecule is c1ccc(-c2ccc3c(c2)n2c4ccccc4nc2n3-c2ccc3c4ccccc4c4cccnc4c3n2)cc1.c1ccc2c(c1)nc1n(-c3ccc4c5ccccc5c5cccnc5c4n3)c3ccc(-c4cccc5c4oc4ccccc45)cc3n21.c1ccc2c(c1)nc1n(-c3ccc4c5ccccc5c5cccnc5c4n3)c3ccc(-c4cccc5c4sc4ccccc45)cc3n21. The lowest BCUT2D eigenvalue weighted by Crippen LogP contribution is -1.99. The molecule has 0 bridgehead atoms. The van der Waals surface area contributed by atoms with Gasteiger partial charge in [-0.05, 0) is 200 Å². The highest BCUT2D eigenvalue weighted by atomic mass is 32.1. The third-order valence-corrected chi connectivity index (χ3v) is 28.3. The Kier molecular flexibility index (Phi) is 15.8. The van der Waals surface area contributed by atoms with Crippen LogP contribution >= 0.6 is 11.3 Å². The molecule has 0 N–H and O–H groups in total. The van der Waals surface area contributed by atoms with Crippen LogP contribution in [0.5, 0.6) is 0 Å². The summed E-state index contributed by atoms with van der Waals surface area (Å²) in [4.78, 5) is 45.9. The van der Waals surface area contributed by atoms with Gasteiger partial charge in [-0.25, -0.2) is 29.9 Å². The molecular weight excluding hydrogens is 1660 g/mol. The van der Waals surface area contributed by atoms with Gasteiger partial charge >= 0.3 is 0 Å². The fourth-order valence-corrected chi connectivity index (χ4v) is 22.4. The van der Waals surface area contributed by atoms with Gasteiger partial charge in [0.15, 0.2) is 0 Å². The van der Waals surface area contributed by atoms with Crippen LogP contribution < -0.4 is 0 Å². The van der Waals surface area contributed by atoms with Crippen molar-refractivity contribution in [1.29, 1.82) is 0 Å². The maximum atomic E-state index is 6.43. The molecule has 0 amide bonds. The zero-order valence-electron chi connectivity index (χ0n) is 71.2. The molecule has 0 radical (unpaired) electrons. The Balaban J connectivity index is 0.0000000983. The van der Waals surface area contributed by atoms with Crippen LogP contribution in [0.1, 0.15) is 0 Å². The zero-order chi connectivity index (χ0) is 87.5. The number of benzene rings is 17. The highest BCUT2D eigenvalue weighted by Crippen LogP contribution is 2.46. The van der Waals surface area contributed by atoms with Crippen molar-refractivity contribution in [3.63, 3.8) is 0 Å². The first-order chi connectivity index (χ1) is 66.5. The predicted octanol–water partition coefficient (Wildman–Crippen LogP) is 29.3. The number of thiophene rings is 1. The van der Waals surface area contributed by atoms with Gasteiger partial charge in [-0.3, -0.25) is 41.9 Å². The Hall–Kier alpha value is -18.2. The van der Waals surface area contributed by atoms with Crippen molar-refractivity contribution < 1.29 is 4.42 Å². The molecule has 17 heteroatoms. The molecule has 0 aliphatic carbocycles. The van der Waals surface area contributed by atoms with E-state index in [0.717, 1.165) is 205 Å². The van der Waals surface area contributed by atoms with Gasteiger partial charge in [0, 0.05) is 87.4 Å². The molecule has 14 aromatic heterocycles. The number of hydrogen-bond acceptors (Lipinski definition) is 11. The Bertz CT molecular complexity index is 9970. The van der Waals surface area contributed by atoms with E-state index in [1.807, 2.05) is 84.5 Å². The van der Waals surface area contributed by atoms with Crippen LogP contribution in [-0.4, -0.2) is 71.8 Å². The molecule has 31 rings (SSSR count). The third kappa shape index (κ3) is 10.9. The van der Waals surface area contributed by atoms with Gasteiger partial charge in [-0.15, -0.1) is 11.3 Å². The average molecular weight is 1730 g/mol. The fourth-order valence-electron chi connectivity index (χ4n) is 21.2. The van der Waals surface area contributed by atoms with E-state index in [-0.39, 0.29) is 0 Å². The smallest absolute Gasteiger partial charge is 0.221 e. The van der Waals surface area contributed by atoms with Crippen LogP contribution in [0.3, 0.4) is 0 Å². The Morgan fingerprint density at radius 1 is 0.209 bits per heavy atom. The van der Waals surface area contributed by atoms with Gasteiger partial charge in [-0.2, -0.15) is 0 Å². The Morgan fingerprint density at radius 3 is 1.02 bits per heavy atom. The van der Waals surface area contributed by atoms with Crippen LogP contribution in [-0.2, 0) is 0 Å². The Labute approximate surface area is 763 Å². The molecule has 0 atom stereocenters. The molecule has 17 aromatic carbocycles. The van der Waals surface area contributed by atoms with E-state index >= 15 is 0 Å². The first-order valence-electron chi connectivity index (χ1n) is 44.8. The summed E-state index contributed by atoms with van der Waals surface area (Å²) in [5.74, 6) is 4.91. The third-order valence-electron chi connectivity index (χ3n) is 27.1. The van der Waals surface area contributed by atoms with Gasteiger partial charge in [0.1, 0.15) is 28.6 Å². The van der Waals surface area contributed by atoms with Gasteiger partial charge in [-0.1, -0.05) is 249 Å². The summed E-state index contributed by atoms with van der Waals surface area (Å²) in [5.41, 5.74) is 26.4. The molecule has 0 saturated carbocycles. The van der Waals surface area contributed by atoms with Crippen molar-refractivity contribution in [3.8, 4) is 50.8 Å². The molecule has 134 heavy (non-hydrogen) atoms. The monoisotopic (exact) mass is 1730 g/mol. The van der Waals surface area contributed by atoms with Crippen molar-refractivity contribution in [1.82, 2.24) is 71.8 Å². The largest absolute Gasteiger partial charge is 0.455 e. The lowest BCUT2D eigenvalue weighted by molar-refractivity contribution is 0.670. The summed E-state index contributed by atoms with van der Waals surface area (Å²) in [6.45, 7) is 0. The van der Waals surface area contributed by atoms with Crippen molar-refractivity contribution in [3.05, 3.63) is 407 Å². The first kappa shape index (κ1) is 73.8. The van der Waals surface area contributed by atoms with Crippen molar-refractivity contribution in [2.24, 2.45) is 0 Å². The number of fused-ring (bicyclic) bond motifs is 39. The molecule has 0 saturated heterocycles. The van der Waals surface area contributed by atoms with E-state index in [1.165, 1.54) is 69.2 Å². The number of para-hydroxylation sites is 8. The minimum absolute atomic E-state index is 0.794. The summed E-state index contributed by atoms with van der Waals surface area (Å²) < 4.78 is 22.4. The summed E-state index contributed by atoms with van der Waals surface area (Å²) >= 11 is 1.86. The van der Waals surface area contributed by atoms with E-state index < -0.39 is 0 Å². The predicted molar refractivity (Wildman–Crippen MR) is 549 cm³/mol. The maximum absolute atomic E-state index is 6.43. The number of aromatic nitrogens is 15. The highest BCUT2D eigenvalue weighted by molar-refractivity contribution is 7.26. The topological polar surface area (TPSA) is 157 Å². The Morgan fingerprint density at radius 2 is 0.560 bits per heavy atom. The average Bonchev–Trinajstić information content (AvgIpc) is 1.57. The number of imidazole rings is 6. The fraction of sp³-hybridized carbons (Fsp3) is 0. The van der Waals surface area contributed by atoms with Crippen LogP contribution in [0.2, 0.25) is 0 Å². The standard InChI is InChI=1S/C41H23N5O.C41H23N5S.C35H21N5/c2*1-2-10-27-26(9-1)29-14-8-22-42-38(29)39-30(27)19-21-37(44-39)46-34-20-18-24(23-35(34)45-33-16-5-4-15-32(33)43-41(45)46)25-12-7-13-31-28-11-3-6-17-36(28)47-40(25)31;1-2-9-22(10-3-1)23-16-18-30-31(21-23)39-29-15-7-6-14-28(29)37-35(39)40(30)32-19-17-27-25-12-5-4-11-24(25)26-13-8-20-36-33(26)34(27)38-32/h2*1-23H;1-21H. The number of rotatable bonds is 6. The second-order valence-corrected chi connectivity index (χ2v) is 35.3. The van der Waals surface area contributed by atoms with Crippen molar-refractivity contribution in [2.45, 2.75) is 0 Å². The number of hydrogen-bond donors (Lipinski definition) is 0. The zero-order valence-corrected chi connectivity index (χ0v) is 72.0. The molecule has 622 valence electrons. The second-order valence-electron chi connectivity index (χ2n) is 34.3. The minimum Gasteiger partial charge on any atom is -0.455 e. The molecule has 0 aliphatic rings. The quantitative estimate of drug-likeness (QED) is 0.147.